The average Bonchev–Trinajstić information content (AvgIpc) is 2.24. The van der Waals surface area contributed by atoms with Crippen LogP contribution in [0.1, 0.15) is 54.9 Å². The lowest BCUT2D eigenvalue weighted by atomic mass is 10.0. The number of hydrogen-bond acceptors (Lipinski definition) is 1. The molecule has 0 aliphatic rings. The molecule has 1 atom stereocenters. The zero-order valence-electron chi connectivity index (χ0n) is 17.0. The molecule has 1 nitrogen and oxygen atoms in total. The molecular weight excluding hydrogens is 300 g/mol. The quantitative estimate of drug-likeness (QED) is 0.304. The van der Waals surface area contributed by atoms with Crippen LogP contribution in [0.3, 0.4) is 0 Å². The molecule has 22 heavy (non-hydrogen) atoms. The Morgan fingerprint density at radius 2 is 1.27 bits per heavy atom. The van der Waals surface area contributed by atoms with Crippen LogP contribution in [0, 0.1) is 5.92 Å². The predicted molar refractivity (Wildman–Crippen MR) is 108 cm³/mol. The van der Waals surface area contributed by atoms with Crippen LogP contribution in [-0.4, -0.2) is 23.0 Å². The fraction of sp³-hybridized carbons (Fsp3) is 0.895. The van der Waals surface area contributed by atoms with Crippen LogP contribution < -0.4 is 0 Å². The van der Waals surface area contributed by atoms with Gasteiger partial charge >= 0.3 is 0 Å². The lowest BCUT2D eigenvalue weighted by Crippen LogP contribution is -2.48. The number of hydrogen-bond donors (Lipinski definition) is 0. The summed E-state index contributed by atoms with van der Waals surface area (Å²) in [5.74, 6) is 0.590. The Balaban J connectivity index is 4.70. The van der Waals surface area contributed by atoms with E-state index in [-0.39, 0.29) is 0 Å². The Morgan fingerprint density at radius 3 is 1.59 bits per heavy atom. The summed E-state index contributed by atoms with van der Waals surface area (Å²) in [6.45, 7) is 29.0. The molecule has 0 fully saturated rings. The SMILES string of the molecule is C=C(CC(C)CO[Si](C(C)C)(C(C)C)C(C)C)C[Si](C)(C)C. The highest BCUT2D eigenvalue weighted by Gasteiger charge is 2.45. The van der Waals surface area contributed by atoms with E-state index in [1.807, 2.05) is 0 Å². The summed E-state index contributed by atoms with van der Waals surface area (Å²) in [6, 6.07) is 1.25. The molecule has 0 bridgehead atoms. The summed E-state index contributed by atoms with van der Waals surface area (Å²) in [4.78, 5) is 0. The van der Waals surface area contributed by atoms with Crippen molar-refractivity contribution in [1.82, 2.24) is 0 Å². The van der Waals surface area contributed by atoms with Crippen LogP contribution in [-0.2, 0) is 4.43 Å². The predicted octanol–water partition coefficient (Wildman–Crippen LogP) is 7.10. The number of rotatable bonds is 10. The van der Waals surface area contributed by atoms with E-state index in [1.54, 1.807) is 0 Å². The summed E-state index contributed by atoms with van der Waals surface area (Å²) in [7, 11) is -2.74. The van der Waals surface area contributed by atoms with Crippen molar-refractivity contribution in [2.24, 2.45) is 5.92 Å². The first-order valence-electron chi connectivity index (χ1n) is 9.13. The zero-order chi connectivity index (χ0) is 17.7. The second-order valence-electron chi connectivity index (χ2n) is 9.43. The molecule has 0 aliphatic heterocycles. The normalized spacial score (nSPS) is 15.0. The fourth-order valence-electron chi connectivity index (χ4n) is 4.16. The van der Waals surface area contributed by atoms with Gasteiger partial charge in [-0.05, 0) is 35.0 Å². The molecular formula is C19H42OSi2. The molecule has 132 valence electrons. The summed E-state index contributed by atoms with van der Waals surface area (Å²) >= 11 is 0. The van der Waals surface area contributed by atoms with Crippen molar-refractivity contribution in [3.63, 3.8) is 0 Å². The minimum absolute atomic E-state index is 0.590. The van der Waals surface area contributed by atoms with Gasteiger partial charge in [-0.1, -0.05) is 73.7 Å². The lowest BCUT2D eigenvalue weighted by molar-refractivity contribution is 0.229. The maximum atomic E-state index is 6.72. The van der Waals surface area contributed by atoms with Gasteiger partial charge in [-0.15, -0.1) is 6.58 Å². The first-order valence-corrected chi connectivity index (χ1v) is 15.0. The van der Waals surface area contributed by atoms with E-state index in [0.717, 1.165) is 13.0 Å². The molecule has 0 aliphatic carbocycles. The van der Waals surface area contributed by atoms with Crippen molar-refractivity contribution in [3.05, 3.63) is 12.2 Å². The van der Waals surface area contributed by atoms with E-state index in [0.29, 0.717) is 22.5 Å². The minimum atomic E-state index is -1.71. The second-order valence-corrected chi connectivity index (χ2v) is 20.4. The first-order chi connectivity index (χ1) is 9.82. The summed E-state index contributed by atoms with van der Waals surface area (Å²) < 4.78 is 6.72. The van der Waals surface area contributed by atoms with Gasteiger partial charge < -0.3 is 4.43 Å². The van der Waals surface area contributed by atoms with Gasteiger partial charge in [0, 0.05) is 14.7 Å². The van der Waals surface area contributed by atoms with Gasteiger partial charge in [0.25, 0.3) is 0 Å². The van der Waals surface area contributed by atoms with Crippen LogP contribution >= 0.6 is 0 Å². The summed E-state index contributed by atoms with van der Waals surface area (Å²) in [5.41, 5.74) is 3.45. The molecule has 1 unspecified atom stereocenters. The van der Waals surface area contributed by atoms with E-state index in [9.17, 15) is 0 Å². The highest BCUT2D eigenvalue weighted by atomic mass is 28.4. The third kappa shape index (κ3) is 6.71. The van der Waals surface area contributed by atoms with Crippen LogP contribution in [0.15, 0.2) is 12.2 Å². The molecule has 0 radical (unpaired) electrons. The average molecular weight is 343 g/mol. The van der Waals surface area contributed by atoms with Crippen molar-refractivity contribution in [1.29, 1.82) is 0 Å². The van der Waals surface area contributed by atoms with E-state index >= 15 is 0 Å². The van der Waals surface area contributed by atoms with E-state index in [4.69, 9.17) is 4.43 Å². The van der Waals surface area contributed by atoms with Crippen LogP contribution in [0.25, 0.3) is 0 Å². The lowest BCUT2D eigenvalue weighted by Gasteiger charge is -2.42. The Labute approximate surface area is 143 Å². The van der Waals surface area contributed by atoms with Crippen molar-refractivity contribution in [3.8, 4) is 0 Å². The van der Waals surface area contributed by atoms with Crippen molar-refractivity contribution < 1.29 is 4.43 Å². The van der Waals surface area contributed by atoms with Gasteiger partial charge in [0.15, 0.2) is 8.32 Å². The molecule has 0 heterocycles. The summed E-state index contributed by atoms with van der Waals surface area (Å²) in [6.07, 6.45) is 1.13. The van der Waals surface area contributed by atoms with E-state index in [2.05, 4.69) is 74.7 Å². The second kappa shape index (κ2) is 8.84. The molecule has 0 aromatic carbocycles. The largest absolute Gasteiger partial charge is 0.416 e. The molecule has 0 aromatic heterocycles. The molecule has 3 heteroatoms. The fourth-order valence-corrected chi connectivity index (χ4v) is 11.4. The molecule has 0 saturated carbocycles. The molecule has 0 spiro atoms. The van der Waals surface area contributed by atoms with Gasteiger partial charge in [0.2, 0.25) is 0 Å². The van der Waals surface area contributed by atoms with Gasteiger partial charge in [-0.2, -0.15) is 0 Å². The van der Waals surface area contributed by atoms with Crippen molar-refractivity contribution in [2.75, 3.05) is 6.61 Å². The number of allylic oxidation sites excluding steroid dienone is 1. The highest BCUT2D eigenvalue weighted by Crippen LogP contribution is 2.42. The molecule has 0 saturated heterocycles. The van der Waals surface area contributed by atoms with E-state index in [1.165, 1.54) is 11.6 Å². The van der Waals surface area contributed by atoms with Gasteiger partial charge in [-0.3, -0.25) is 0 Å². The third-order valence-electron chi connectivity index (χ3n) is 4.74. The van der Waals surface area contributed by atoms with E-state index < -0.39 is 16.4 Å². The smallest absolute Gasteiger partial charge is 0.200 e. The highest BCUT2D eigenvalue weighted by molar-refractivity contribution is 6.77. The third-order valence-corrected chi connectivity index (χ3v) is 12.4. The van der Waals surface area contributed by atoms with Gasteiger partial charge in [-0.25, -0.2) is 0 Å². The van der Waals surface area contributed by atoms with Crippen LogP contribution in [0.2, 0.25) is 42.3 Å². The Hall–Kier alpha value is 0.134. The Kier molecular flexibility index (Phi) is 8.89. The van der Waals surface area contributed by atoms with Gasteiger partial charge in [0.05, 0.1) is 0 Å². The molecule has 0 N–H and O–H groups in total. The monoisotopic (exact) mass is 342 g/mol. The first kappa shape index (κ1) is 22.1. The van der Waals surface area contributed by atoms with Crippen molar-refractivity contribution >= 4 is 16.4 Å². The van der Waals surface area contributed by atoms with Gasteiger partial charge in [0.1, 0.15) is 0 Å². The maximum Gasteiger partial charge on any atom is 0.200 e. The summed E-state index contributed by atoms with van der Waals surface area (Å²) in [5, 5.41) is 0. The van der Waals surface area contributed by atoms with Crippen molar-refractivity contribution in [2.45, 2.75) is 97.2 Å². The molecule has 0 rings (SSSR count). The minimum Gasteiger partial charge on any atom is -0.416 e. The molecule has 0 aromatic rings. The maximum absolute atomic E-state index is 6.72. The zero-order valence-corrected chi connectivity index (χ0v) is 19.0. The Morgan fingerprint density at radius 1 is 0.864 bits per heavy atom. The van der Waals surface area contributed by atoms with Crippen LogP contribution in [0.5, 0.6) is 0 Å². The Bertz CT molecular complexity index is 318. The van der Waals surface area contributed by atoms with Crippen LogP contribution in [0.4, 0.5) is 0 Å². The topological polar surface area (TPSA) is 9.23 Å². The standard InChI is InChI=1S/C19H42OSi2/c1-15(2)22(16(3)4,17(5)6)20-13-18(7)12-19(8)14-21(9,10)11/h15-18H,8,12-14H2,1-7,9-11H3. The molecule has 0 amide bonds.